The summed E-state index contributed by atoms with van der Waals surface area (Å²) in [5.41, 5.74) is 0.829. The van der Waals surface area contributed by atoms with Crippen LogP contribution in [0.15, 0.2) is 36.3 Å². The van der Waals surface area contributed by atoms with E-state index in [1.807, 2.05) is 24.3 Å². The van der Waals surface area contributed by atoms with Gasteiger partial charge in [0.1, 0.15) is 0 Å². The monoisotopic (exact) mass is 351 g/mol. The molecule has 0 saturated carbocycles. The van der Waals surface area contributed by atoms with E-state index < -0.39 is 10.0 Å². The number of para-hydroxylation sites is 1. The lowest BCUT2D eigenvalue weighted by atomic mass is 10.1. The molecule has 1 N–H and O–H groups in total. The molecule has 1 aromatic heterocycles. The molecule has 1 aliphatic rings. The Kier molecular flexibility index (Phi) is 4.47. The second-order valence-electron chi connectivity index (χ2n) is 5.45. The zero-order valence-corrected chi connectivity index (χ0v) is 14.1. The topological polar surface area (TPSA) is 79.4 Å². The first-order valence-corrected chi connectivity index (χ1v) is 9.62. The Morgan fingerprint density at radius 2 is 2.26 bits per heavy atom. The third-order valence-corrected chi connectivity index (χ3v) is 5.87. The summed E-state index contributed by atoms with van der Waals surface area (Å²) in [6.07, 6.45) is 0.774. The number of nitrogens with one attached hydrogen (secondary N) is 1. The van der Waals surface area contributed by atoms with Crippen LogP contribution in [-0.4, -0.2) is 43.8 Å². The Bertz CT molecular complexity index is 812. The maximum atomic E-state index is 12.5. The van der Waals surface area contributed by atoms with Crippen LogP contribution < -0.4 is 4.72 Å². The highest BCUT2D eigenvalue weighted by Crippen LogP contribution is 2.25. The van der Waals surface area contributed by atoms with Crippen molar-refractivity contribution in [2.45, 2.75) is 6.42 Å². The van der Waals surface area contributed by atoms with Crippen LogP contribution in [0.2, 0.25) is 0 Å². The van der Waals surface area contributed by atoms with E-state index in [-0.39, 0.29) is 11.8 Å². The van der Waals surface area contributed by atoms with Gasteiger partial charge in [-0.05, 0) is 24.5 Å². The van der Waals surface area contributed by atoms with Gasteiger partial charge in [-0.15, -0.1) is 11.3 Å². The van der Waals surface area contributed by atoms with Crippen molar-refractivity contribution in [2.75, 3.05) is 19.6 Å². The number of hydrogen-bond donors (Lipinski definition) is 1. The van der Waals surface area contributed by atoms with Gasteiger partial charge in [-0.1, -0.05) is 18.7 Å². The fourth-order valence-corrected chi connectivity index (χ4v) is 4.10. The first-order chi connectivity index (χ1) is 11.0. The van der Waals surface area contributed by atoms with Crippen LogP contribution in [0.25, 0.3) is 10.2 Å². The number of nitrogens with zero attached hydrogens (tertiary/aromatic N) is 2. The summed E-state index contributed by atoms with van der Waals surface area (Å²) >= 11 is 1.39. The summed E-state index contributed by atoms with van der Waals surface area (Å²) in [5, 5.41) is 1.38. The molecule has 0 unspecified atom stereocenters. The van der Waals surface area contributed by atoms with Crippen LogP contribution >= 0.6 is 11.3 Å². The molecule has 6 nitrogen and oxygen atoms in total. The minimum absolute atomic E-state index is 0.0831. The van der Waals surface area contributed by atoms with Crippen LogP contribution in [0, 0.1) is 5.92 Å². The van der Waals surface area contributed by atoms with Gasteiger partial charge in [0.15, 0.2) is 5.01 Å². The van der Waals surface area contributed by atoms with E-state index in [1.165, 1.54) is 11.3 Å². The van der Waals surface area contributed by atoms with Crippen molar-refractivity contribution in [2.24, 2.45) is 5.92 Å². The number of carbonyl (C=O) groups excluding carboxylic acids is 1. The van der Waals surface area contributed by atoms with Gasteiger partial charge in [0.2, 0.25) is 10.0 Å². The zero-order chi connectivity index (χ0) is 16.4. The molecule has 3 rings (SSSR count). The molecule has 23 heavy (non-hydrogen) atoms. The molecule has 2 aromatic rings. The fourth-order valence-electron chi connectivity index (χ4n) is 2.58. The Balaban J connectivity index is 1.64. The average molecular weight is 351 g/mol. The summed E-state index contributed by atoms with van der Waals surface area (Å²) in [7, 11) is -3.41. The van der Waals surface area contributed by atoms with Gasteiger partial charge in [0.05, 0.1) is 10.2 Å². The van der Waals surface area contributed by atoms with Gasteiger partial charge in [0, 0.05) is 25.0 Å². The molecule has 1 aliphatic heterocycles. The largest absolute Gasteiger partial charge is 0.336 e. The molecule has 1 fully saturated rings. The molecular weight excluding hydrogens is 334 g/mol. The average Bonchev–Trinajstić information content (AvgIpc) is 3.19. The number of sulfonamides is 1. The first-order valence-electron chi connectivity index (χ1n) is 7.25. The number of amides is 1. The molecule has 0 aliphatic carbocycles. The van der Waals surface area contributed by atoms with E-state index in [9.17, 15) is 13.2 Å². The van der Waals surface area contributed by atoms with Crippen molar-refractivity contribution >= 4 is 37.5 Å². The lowest BCUT2D eigenvalue weighted by Crippen LogP contribution is -2.32. The normalized spacial score (nSPS) is 18.4. The summed E-state index contributed by atoms with van der Waals surface area (Å²) < 4.78 is 26.2. The minimum Gasteiger partial charge on any atom is -0.336 e. The Morgan fingerprint density at radius 1 is 1.48 bits per heavy atom. The van der Waals surface area contributed by atoms with Crippen LogP contribution in [0.5, 0.6) is 0 Å². The van der Waals surface area contributed by atoms with Crippen molar-refractivity contribution in [3.63, 3.8) is 0 Å². The van der Waals surface area contributed by atoms with Gasteiger partial charge in [-0.3, -0.25) is 4.79 Å². The SMILES string of the molecule is C=CS(=O)(=O)NC[C@H]1CCN(C(=O)c2nc3ccccc3s2)C1. The van der Waals surface area contributed by atoms with Crippen molar-refractivity contribution in [1.82, 2.24) is 14.6 Å². The second-order valence-corrected chi connectivity index (χ2v) is 8.20. The number of aromatic nitrogens is 1. The van der Waals surface area contributed by atoms with E-state index >= 15 is 0 Å². The predicted octanol–water partition coefficient (Wildman–Crippen LogP) is 1.82. The van der Waals surface area contributed by atoms with Gasteiger partial charge in [-0.25, -0.2) is 18.1 Å². The first kappa shape index (κ1) is 16.1. The molecule has 1 amide bonds. The molecule has 1 aromatic carbocycles. The molecule has 0 bridgehead atoms. The number of fused-ring (bicyclic) bond motifs is 1. The molecule has 1 atom stereocenters. The molecule has 8 heteroatoms. The highest BCUT2D eigenvalue weighted by atomic mass is 32.2. The number of rotatable bonds is 5. The fraction of sp³-hybridized carbons (Fsp3) is 0.333. The van der Waals surface area contributed by atoms with Gasteiger partial charge in [0.25, 0.3) is 5.91 Å². The van der Waals surface area contributed by atoms with E-state index in [4.69, 9.17) is 0 Å². The van der Waals surface area contributed by atoms with Crippen molar-refractivity contribution in [3.8, 4) is 0 Å². The van der Waals surface area contributed by atoms with Gasteiger partial charge >= 0.3 is 0 Å². The molecule has 0 spiro atoms. The highest BCUT2D eigenvalue weighted by Gasteiger charge is 2.29. The summed E-state index contributed by atoms with van der Waals surface area (Å²) in [6, 6.07) is 7.65. The summed E-state index contributed by atoms with van der Waals surface area (Å²) in [6.45, 7) is 4.73. The van der Waals surface area contributed by atoms with Gasteiger partial charge < -0.3 is 4.90 Å². The van der Waals surface area contributed by atoms with Gasteiger partial charge in [-0.2, -0.15) is 0 Å². The highest BCUT2D eigenvalue weighted by molar-refractivity contribution is 7.92. The van der Waals surface area contributed by atoms with E-state index in [2.05, 4.69) is 16.3 Å². The maximum Gasteiger partial charge on any atom is 0.282 e. The van der Waals surface area contributed by atoms with Crippen LogP contribution in [-0.2, 0) is 10.0 Å². The van der Waals surface area contributed by atoms with Crippen LogP contribution in [0.4, 0.5) is 0 Å². The Hall–Kier alpha value is -1.77. The lowest BCUT2D eigenvalue weighted by molar-refractivity contribution is 0.0787. The number of hydrogen-bond acceptors (Lipinski definition) is 5. The molecule has 0 radical (unpaired) electrons. The van der Waals surface area contributed by atoms with Crippen molar-refractivity contribution in [1.29, 1.82) is 0 Å². The third-order valence-electron chi connectivity index (χ3n) is 3.84. The quantitative estimate of drug-likeness (QED) is 0.891. The van der Waals surface area contributed by atoms with Crippen LogP contribution in [0.3, 0.4) is 0 Å². The standard InChI is InChI=1S/C15H17N3O3S2/c1-2-23(20,21)16-9-11-7-8-18(10-11)15(19)14-17-12-5-3-4-6-13(12)22-14/h2-6,11,16H,1,7-10H2/t11-/m1/s1. The van der Waals surface area contributed by atoms with E-state index in [0.29, 0.717) is 24.6 Å². The van der Waals surface area contributed by atoms with Crippen molar-refractivity contribution < 1.29 is 13.2 Å². The number of benzene rings is 1. The molecule has 1 saturated heterocycles. The molecule has 122 valence electrons. The third kappa shape index (κ3) is 3.60. The Morgan fingerprint density at radius 3 is 3.00 bits per heavy atom. The lowest BCUT2D eigenvalue weighted by Gasteiger charge is -2.15. The zero-order valence-electron chi connectivity index (χ0n) is 12.4. The second kappa shape index (κ2) is 6.38. The molecule has 2 heterocycles. The summed E-state index contributed by atoms with van der Waals surface area (Å²) in [4.78, 5) is 18.7. The smallest absolute Gasteiger partial charge is 0.282 e. The number of thiazole rings is 1. The maximum absolute atomic E-state index is 12.5. The van der Waals surface area contributed by atoms with E-state index in [0.717, 1.165) is 22.0 Å². The molecular formula is C15H17N3O3S2. The summed E-state index contributed by atoms with van der Waals surface area (Å²) in [5.74, 6) is 0.0309. The van der Waals surface area contributed by atoms with Crippen molar-refractivity contribution in [3.05, 3.63) is 41.3 Å². The van der Waals surface area contributed by atoms with E-state index in [1.54, 1.807) is 4.90 Å². The number of likely N-dealkylation sites (tertiary alicyclic amines) is 1. The minimum atomic E-state index is -3.41. The predicted molar refractivity (Wildman–Crippen MR) is 90.8 cm³/mol. The number of carbonyl (C=O) groups is 1. The Labute approximate surface area is 138 Å². The van der Waals surface area contributed by atoms with Crippen LogP contribution in [0.1, 0.15) is 16.2 Å².